The second-order valence-corrected chi connectivity index (χ2v) is 5.06. The number of hydrogen-bond donors (Lipinski definition) is 1. The molecule has 2 aromatic rings. The van der Waals surface area contributed by atoms with Crippen LogP contribution in [-0.4, -0.2) is 27.3 Å². The zero-order valence-electron chi connectivity index (χ0n) is 11.8. The molecular weight excluding hydrogens is 278 g/mol. The van der Waals surface area contributed by atoms with E-state index in [1.165, 1.54) is 6.33 Å². The van der Waals surface area contributed by atoms with E-state index in [0.717, 1.165) is 16.7 Å². The van der Waals surface area contributed by atoms with Crippen molar-refractivity contribution in [3.05, 3.63) is 54.1 Å². The fraction of sp³-hybridized carbons (Fsp3) is 0.125. The zero-order valence-corrected chi connectivity index (χ0v) is 11.8. The molecule has 6 heteroatoms. The number of aromatic nitrogens is 2. The molecule has 0 unspecified atom stereocenters. The van der Waals surface area contributed by atoms with Crippen molar-refractivity contribution in [2.45, 2.75) is 6.54 Å². The predicted octanol–water partition coefficient (Wildman–Crippen LogP) is 1.76. The van der Waals surface area contributed by atoms with E-state index < -0.39 is 0 Å². The van der Waals surface area contributed by atoms with Gasteiger partial charge in [-0.3, -0.25) is 4.79 Å². The lowest BCUT2D eigenvalue weighted by atomic mass is 9.97. The van der Waals surface area contributed by atoms with E-state index in [0.29, 0.717) is 23.4 Å². The second-order valence-electron chi connectivity index (χ2n) is 5.06. The largest absolute Gasteiger partial charge is 0.398 e. The molecule has 22 heavy (non-hydrogen) atoms. The van der Waals surface area contributed by atoms with E-state index in [1.807, 2.05) is 12.1 Å². The number of anilines is 1. The predicted molar refractivity (Wildman–Crippen MR) is 81.4 cm³/mol. The topological polar surface area (TPSA) is 95.9 Å². The smallest absolute Gasteiger partial charge is 0.256 e. The first kappa shape index (κ1) is 13.8. The molecule has 1 aliphatic heterocycles. The standard InChI is InChI=1S/C16H13N5O/c1-10(4-17)7-21-8-13-12(11-5-19-9-20-6-11)2-3-14(18)15(13)16(21)22/h2-3,5-6,9H,1,7-8,18H2. The first-order valence-electron chi connectivity index (χ1n) is 6.65. The maximum atomic E-state index is 12.5. The Bertz CT molecular complexity index is 807. The van der Waals surface area contributed by atoms with E-state index in [1.54, 1.807) is 23.4 Å². The van der Waals surface area contributed by atoms with Gasteiger partial charge in [-0.2, -0.15) is 5.26 Å². The molecule has 2 heterocycles. The van der Waals surface area contributed by atoms with Crippen LogP contribution in [0.3, 0.4) is 0 Å². The van der Waals surface area contributed by atoms with Crippen molar-refractivity contribution < 1.29 is 4.79 Å². The van der Waals surface area contributed by atoms with Gasteiger partial charge in [-0.1, -0.05) is 12.6 Å². The Balaban J connectivity index is 2.06. The third-order valence-electron chi connectivity index (χ3n) is 3.61. The monoisotopic (exact) mass is 291 g/mol. The molecule has 1 amide bonds. The molecule has 0 spiro atoms. The lowest BCUT2D eigenvalue weighted by Crippen LogP contribution is -2.26. The van der Waals surface area contributed by atoms with Crippen molar-refractivity contribution in [2.24, 2.45) is 0 Å². The molecule has 1 aliphatic rings. The first-order valence-corrected chi connectivity index (χ1v) is 6.65. The highest BCUT2D eigenvalue weighted by molar-refractivity contribution is 6.05. The molecule has 1 aromatic carbocycles. The number of carbonyl (C=O) groups is 1. The number of benzene rings is 1. The Morgan fingerprint density at radius 3 is 2.82 bits per heavy atom. The van der Waals surface area contributed by atoms with Crippen LogP contribution in [0, 0.1) is 11.3 Å². The van der Waals surface area contributed by atoms with E-state index in [9.17, 15) is 4.79 Å². The fourth-order valence-corrected chi connectivity index (χ4v) is 2.61. The molecule has 0 radical (unpaired) electrons. The summed E-state index contributed by atoms with van der Waals surface area (Å²) < 4.78 is 0. The van der Waals surface area contributed by atoms with Crippen molar-refractivity contribution in [3.8, 4) is 17.2 Å². The van der Waals surface area contributed by atoms with Crippen LogP contribution in [0.2, 0.25) is 0 Å². The number of nitrogen functional groups attached to an aromatic ring is 1. The minimum Gasteiger partial charge on any atom is -0.398 e. The van der Waals surface area contributed by atoms with Crippen LogP contribution >= 0.6 is 0 Å². The average Bonchev–Trinajstić information content (AvgIpc) is 2.86. The Kier molecular flexibility index (Phi) is 3.31. The number of amides is 1. The van der Waals surface area contributed by atoms with Crippen LogP contribution in [0.1, 0.15) is 15.9 Å². The van der Waals surface area contributed by atoms with Crippen LogP contribution in [0.15, 0.2) is 43.0 Å². The van der Waals surface area contributed by atoms with Gasteiger partial charge in [-0.15, -0.1) is 0 Å². The van der Waals surface area contributed by atoms with Crippen LogP contribution in [0.25, 0.3) is 11.1 Å². The zero-order chi connectivity index (χ0) is 15.7. The summed E-state index contributed by atoms with van der Waals surface area (Å²) in [6.07, 6.45) is 4.84. The molecule has 0 bridgehead atoms. The highest BCUT2D eigenvalue weighted by atomic mass is 16.2. The van der Waals surface area contributed by atoms with E-state index >= 15 is 0 Å². The Hall–Kier alpha value is -3.20. The number of nitrogens with two attached hydrogens (primary N) is 1. The van der Waals surface area contributed by atoms with Gasteiger partial charge in [0.2, 0.25) is 0 Å². The summed E-state index contributed by atoms with van der Waals surface area (Å²) >= 11 is 0. The maximum absolute atomic E-state index is 12.5. The van der Waals surface area contributed by atoms with Crippen LogP contribution in [0.5, 0.6) is 0 Å². The van der Waals surface area contributed by atoms with E-state index in [4.69, 9.17) is 11.0 Å². The second kappa shape index (κ2) is 5.30. The minimum atomic E-state index is -0.178. The molecule has 6 nitrogen and oxygen atoms in total. The lowest BCUT2D eigenvalue weighted by Gasteiger charge is -2.14. The van der Waals surface area contributed by atoms with Gasteiger partial charge in [0.25, 0.3) is 5.91 Å². The van der Waals surface area contributed by atoms with Gasteiger partial charge in [0.15, 0.2) is 0 Å². The molecule has 3 rings (SSSR count). The van der Waals surface area contributed by atoms with E-state index in [-0.39, 0.29) is 12.5 Å². The molecule has 0 fully saturated rings. The summed E-state index contributed by atoms with van der Waals surface area (Å²) in [5, 5.41) is 8.86. The lowest BCUT2D eigenvalue weighted by molar-refractivity contribution is 0.0795. The van der Waals surface area contributed by atoms with Gasteiger partial charge in [-0.05, 0) is 17.2 Å². The Morgan fingerprint density at radius 2 is 2.14 bits per heavy atom. The molecule has 0 aliphatic carbocycles. The number of nitrogens with zero attached hydrogens (tertiary/aromatic N) is 4. The summed E-state index contributed by atoms with van der Waals surface area (Å²) in [4.78, 5) is 22.1. The van der Waals surface area contributed by atoms with Crippen molar-refractivity contribution in [1.29, 1.82) is 5.26 Å². The Labute approximate surface area is 127 Å². The summed E-state index contributed by atoms with van der Waals surface area (Å²) in [7, 11) is 0. The van der Waals surface area contributed by atoms with Gasteiger partial charge in [0.1, 0.15) is 6.33 Å². The maximum Gasteiger partial charge on any atom is 0.256 e. The summed E-state index contributed by atoms with van der Waals surface area (Å²) in [5.41, 5.74) is 9.78. The molecule has 108 valence electrons. The molecule has 2 N–H and O–H groups in total. The highest BCUT2D eigenvalue weighted by Gasteiger charge is 2.32. The first-order chi connectivity index (χ1) is 10.6. The number of nitriles is 1. The van der Waals surface area contributed by atoms with Crippen molar-refractivity contribution in [1.82, 2.24) is 14.9 Å². The summed E-state index contributed by atoms with van der Waals surface area (Å²) in [5.74, 6) is -0.178. The average molecular weight is 291 g/mol. The minimum absolute atomic E-state index is 0.178. The van der Waals surface area contributed by atoms with Gasteiger partial charge in [0.05, 0.1) is 18.2 Å². The normalized spacial score (nSPS) is 12.9. The highest BCUT2D eigenvalue weighted by Crippen LogP contribution is 2.35. The third kappa shape index (κ3) is 2.19. The molecule has 0 atom stereocenters. The van der Waals surface area contributed by atoms with Crippen LogP contribution in [0.4, 0.5) is 5.69 Å². The summed E-state index contributed by atoms with van der Waals surface area (Å²) in [6.45, 7) is 4.23. The molecule has 0 saturated heterocycles. The molecule has 1 aromatic heterocycles. The van der Waals surface area contributed by atoms with Crippen molar-refractivity contribution >= 4 is 11.6 Å². The number of rotatable bonds is 3. The molecular formula is C16H13N5O. The quantitative estimate of drug-likeness (QED) is 0.686. The number of hydrogen-bond acceptors (Lipinski definition) is 5. The van der Waals surface area contributed by atoms with Crippen LogP contribution < -0.4 is 5.73 Å². The van der Waals surface area contributed by atoms with E-state index in [2.05, 4.69) is 16.5 Å². The fourth-order valence-electron chi connectivity index (χ4n) is 2.61. The van der Waals surface area contributed by atoms with Gasteiger partial charge >= 0.3 is 0 Å². The third-order valence-corrected chi connectivity index (χ3v) is 3.61. The van der Waals surface area contributed by atoms with Crippen molar-refractivity contribution in [3.63, 3.8) is 0 Å². The SMILES string of the molecule is C=C(C#N)CN1Cc2c(-c3cncnc3)ccc(N)c2C1=O. The number of fused-ring (bicyclic) bond motifs is 1. The van der Waals surface area contributed by atoms with Crippen LogP contribution in [-0.2, 0) is 6.54 Å². The van der Waals surface area contributed by atoms with Gasteiger partial charge in [0, 0.05) is 35.8 Å². The molecule has 0 saturated carbocycles. The number of carbonyl (C=O) groups excluding carboxylic acids is 1. The van der Waals surface area contributed by atoms with Crippen molar-refractivity contribution in [2.75, 3.05) is 12.3 Å². The van der Waals surface area contributed by atoms with Gasteiger partial charge < -0.3 is 10.6 Å². The van der Waals surface area contributed by atoms with Gasteiger partial charge in [-0.25, -0.2) is 9.97 Å². The summed E-state index contributed by atoms with van der Waals surface area (Å²) in [6, 6.07) is 5.53. The Morgan fingerprint density at radius 1 is 1.41 bits per heavy atom.